The van der Waals surface area contributed by atoms with E-state index in [1.165, 1.54) is 36.4 Å². The van der Waals surface area contributed by atoms with Gasteiger partial charge in [-0.15, -0.1) is 0 Å². The largest absolute Gasteiger partial charge is 0.507 e. The molecule has 0 atom stereocenters. The molecule has 222 valence electrons. The monoisotopic (exact) mass is 583 g/mol. The molecule has 0 radical (unpaired) electrons. The number of alkyl halides is 6. The Balaban J connectivity index is 2.27. The Morgan fingerprint density at radius 3 is 1.80 bits per heavy atom. The van der Waals surface area contributed by atoms with E-state index in [-0.39, 0.29) is 11.3 Å². The third kappa shape index (κ3) is 7.28. The average Bonchev–Trinajstić information content (AvgIpc) is 3.14. The molecule has 0 saturated carbocycles. The maximum Gasteiger partial charge on any atom is 0.473 e. The zero-order valence-electron chi connectivity index (χ0n) is 23.4. The number of aromatic nitrogens is 2. The standard InChI is InChI=1S/C29H31F6N3O3/c1-26(2,3)19-12-18(13-20(23(19)40)27(4,5)6)21(39)15-37-16-22(28(30,31)32)38(14-17-10-8-7-9-11-17)25(37)36-24(41)29(33,34)35/h7-13,16,40H,14-15H2,1-6H3/b36-25+. The van der Waals surface area contributed by atoms with Gasteiger partial charge in [-0.05, 0) is 28.5 Å². The molecule has 1 amide bonds. The topological polar surface area (TPSA) is 76.6 Å². The number of hydrogen-bond donors (Lipinski definition) is 1. The molecule has 0 fully saturated rings. The fourth-order valence-electron chi connectivity index (χ4n) is 4.27. The molecule has 1 aromatic heterocycles. The molecular weight excluding hydrogens is 552 g/mol. The Labute approximate surface area is 233 Å². The van der Waals surface area contributed by atoms with Crippen LogP contribution < -0.4 is 5.62 Å². The normalized spacial score (nSPS) is 13.5. The number of hydrogen-bond acceptors (Lipinski definition) is 3. The summed E-state index contributed by atoms with van der Waals surface area (Å²) in [5, 5.41) is 10.9. The highest BCUT2D eigenvalue weighted by atomic mass is 19.4. The molecule has 1 N–H and O–H groups in total. The second kappa shape index (κ2) is 10.9. The summed E-state index contributed by atoms with van der Waals surface area (Å²) < 4.78 is 82.8. The van der Waals surface area contributed by atoms with Crippen LogP contribution in [0.4, 0.5) is 26.3 Å². The summed E-state index contributed by atoms with van der Waals surface area (Å²) in [6.45, 7) is 9.39. The quantitative estimate of drug-likeness (QED) is 0.274. The highest BCUT2D eigenvalue weighted by molar-refractivity contribution is 5.96. The number of rotatable bonds is 5. The maximum atomic E-state index is 14.1. The Kier molecular flexibility index (Phi) is 8.40. The predicted octanol–water partition coefficient (Wildman–Crippen LogP) is 6.53. The van der Waals surface area contributed by atoms with Crippen LogP contribution in [0.1, 0.15) is 74.3 Å². The van der Waals surface area contributed by atoms with E-state index in [0.29, 0.717) is 32.0 Å². The van der Waals surface area contributed by atoms with E-state index in [0.717, 1.165) is 0 Å². The molecule has 3 rings (SSSR count). The first-order chi connectivity index (χ1) is 18.6. The zero-order chi connectivity index (χ0) is 31.1. The van der Waals surface area contributed by atoms with Gasteiger partial charge in [-0.3, -0.25) is 9.59 Å². The molecule has 1 heterocycles. The minimum absolute atomic E-state index is 0.0302. The lowest BCUT2D eigenvalue weighted by molar-refractivity contribution is -0.170. The van der Waals surface area contributed by atoms with Crippen LogP contribution in [0.15, 0.2) is 53.7 Å². The molecule has 3 aromatic rings. The van der Waals surface area contributed by atoms with Gasteiger partial charge in [-0.2, -0.15) is 31.3 Å². The van der Waals surface area contributed by atoms with Crippen LogP contribution in [0.25, 0.3) is 0 Å². The third-order valence-corrected chi connectivity index (χ3v) is 6.35. The van der Waals surface area contributed by atoms with Crippen molar-refractivity contribution in [3.05, 3.63) is 82.2 Å². The van der Waals surface area contributed by atoms with E-state index in [2.05, 4.69) is 4.99 Å². The Hall–Kier alpha value is -3.83. The number of phenolic OH excluding ortho intramolecular Hbond substituents is 1. The molecule has 0 saturated heterocycles. The summed E-state index contributed by atoms with van der Waals surface area (Å²) in [6.07, 6.45) is -10.0. The number of ketones is 1. The fourth-order valence-corrected chi connectivity index (χ4v) is 4.27. The van der Waals surface area contributed by atoms with Crippen molar-refractivity contribution in [2.45, 2.75) is 77.8 Å². The van der Waals surface area contributed by atoms with Crippen molar-refractivity contribution >= 4 is 11.7 Å². The van der Waals surface area contributed by atoms with E-state index in [9.17, 15) is 41.0 Å². The van der Waals surface area contributed by atoms with Crippen molar-refractivity contribution in [2.24, 2.45) is 4.99 Å². The smallest absolute Gasteiger partial charge is 0.473 e. The number of carbonyl (C=O) groups is 2. The van der Waals surface area contributed by atoms with Crippen LogP contribution in [-0.2, 0) is 34.9 Å². The summed E-state index contributed by atoms with van der Waals surface area (Å²) >= 11 is 0. The first kappa shape index (κ1) is 31.7. The highest BCUT2D eigenvalue weighted by Crippen LogP contribution is 2.40. The minimum Gasteiger partial charge on any atom is -0.507 e. The lowest BCUT2D eigenvalue weighted by Gasteiger charge is -2.28. The SMILES string of the molecule is CC(C)(C)c1cc(C(=O)Cn2cc(C(F)(F)F)n(Cc3ccccc3)/c2=N/C(=O)C(F)(F)F)cc(C(C)(C)C)c1O. The van der Waals surface area contributed by atoms with Gasteiger partial charge in [0.05, 0.1) is 13.1 Å². The van der Waals surface area contributed by atoms with Gasteiger partial charge in [-0.1, -0.05) is 71.9 Å². The molecule has 6 nitrogen and oxygen atoms in total. The van der Waals surface area contributed by atoms with E-state index in [4.69, 9.17) is 0 Å². The van der Waals surface area contributed by atoms with Gasteiger partial charge >= 0.3 is 18.3 Å². The first-order valence-electron chi connectivity index (χ1n) is 12.6. The van der Waals surface area contributed by atoms with Crippen molar-refractivity contribution in [3.63, 3.8) is 0 Å². The molecule has 41 heavy (non-hydrogen) atoms. The van der Waals surface area contributed by atoms with Gasteiger partial charge in [0.15, 0.2) is 5.78 Å². The predicted molar refractivity (Wildman–Crippen MR) is 139 cm³/mol. The molecule has 0 aliphatic heterocycles. The van der Waals surface area contributed by atoms with Crippen LogP contribution in [0.5, 0.6) is 5.75 Å². The first-order valence-corrected chi connectivity index (χ1v) is 12.6. The summed E-state index contributed by atoms with van der Waals surface area (Å²) in [7, 11) is 0. The van der Waals surface area contributed by atoms with Crippen molar-refractivity contribution in [1.29, 1.82) is 0 Å². The van der Waals surface area contributed by atoms with Crippen LogP contribution in [-0.4, -0.2) is 32.1 Å². The van der Waals surface area contributed by atoms with Gasteiger partial charge < -0.3 is 14.2 Å². The number of phenols is 1. The second-order valence-corrected chi connectivity index (χ2v) is 11.8. The fraction of sp³-hybridized carbons (Fsp3) is 0.414. The third-order valence-electron chi connectivity index (χ3n) is 6.35. The van der Waals surface area contributed by atoms with Crippen molar-refractivity contribution in [1.82, 2.24) is 9.13 Å². The van der Waals surface area contributed by atoms with E-state index in [1.54, 1.807) is 47.6 Å². The van der Waals surface area contributed by atoms with Gasteiger partial charge in [0.1, 0.15) is 11.4 Å². The van der Waals surface area contributed by atoms with Crippen LogP contribution >= 0.6 is 0 Å². The molecule has 0 bridgehead atoms. The highest BCUT2D eigenvalue weighted by Gasteiger charge is 2.40. The number of imidazole rings is 1. The summed E-state index contributed by atoms with van der Waals surface area (Å²) in [4.78, 5) is 28.4. The number of Topliss-reactive ketones (excluding diaryl/α,β-unsaturated/α-hetero) is 1. The van der Waals surface area contributed by atoms with Crippen LogP contribution in [0.2, 0.25) is 0 Å². The maximum absolute atomic E-state index is 14.1. The lowest BCUT2D eigenvalue weighted by Crippen LogP contribution is -2.34. The van der Waals surface area contributed by atoms with E-state index in [1.807, 2.05) is 0 Å². The summed E-state index contributed by atoms with van der Waals surface area (Å²) in [5.41, 5.74) is -2.48. The molecule has 0 aliphatic carbocycles. The van der Waals surface area contributed by atoms with Crippen LogP contribution in [0, 0.1) is 0 Å². The molecule has 12 heteroatoms. The number of halogens is 6. The van der Waals surface area contributed by atoms with Gasteiger partial charge in [-0.25, -0.2) is 0 Å². The zero-order valence-corrected chi connectivity index (χ0v) is 23.4. The average molecular weight is 584 g/mol. The number of amides is 1. The summed E-state index contributed by atoms with van der Waals surface area (Å²) in [5.74, 6) is -3.41. The van der Waals surface area contributed by atoms with Gasteiger partial charge in [0, 0.05) is 22.9 Å². The number of carbonyl (C=O) groups excluding carboxylic acids is 2. The minimum atomic E-state index is -5.46. The Morgan fingerprint density at radius 1 is 0.854 bits per heavy atom. The molecule has 0 unspecified atom stereocenters. The molecule has 0 aliphatic rings. The van der Waals surface area contributed by atoms with Gasteiger partial charge in [0.2, 0.25) is 5.62 Å². The van der Waals surface area contributed by atoms with Crippen molar-refractivity contribution in [2.75, 3.05) is 0 Å². The Bertz CT molecular complexity index is 1480. The van der Waals surface area contributed by atoms with Crippen molar-refractivity contribution < 1.29 is 41.0 Å². The number of nitrogens with zero attached hydrogens (tertiary/aromatic N) is 3. The lowest BCUT2D eigenvalue weighted by atomic mass is 9.78. The van der Waals surface area contributed by atoms with Gasteiger partial charge in [0.25, 0.3) is 0 Å². The molecular formula is C29H31F6N3O3. The Morgan fingerprint density at radius 2 is 1.37 bits per heavy atom. The van der Waals surface area contributed by atoms with Crippen LogP contribution in [0.3, 0.4) is 0 Å². The summed E-state index contributed by atoms with van der Waals surface area (Å²) in [6, 6.07) is 10.4. The van der Waals surface area contributed by atoms with E-state index >= 15 is 0 Å². The second-order valence-electron chi connectivity index (χ2n) is 11.8. The van der Waals surface area contributed by atoms with E-state index < -0.39 is 59.3 Å². The number of benzene rings is 2. The molecule has 0 spiro atoms. The number of aromatic hydroxyl groups is 1. The molecule has 2 aromatic carbocycles. The van der Waals surface area contributed by atoms with Crippen molar-refractivity contribution in [3.8, 4) is 5.75 Å².